The molecular weight excluding hydrogens is 616 g/mol. The minimum atomic E-state index is 0. The van der Waals surface area contributed by atoms with Crippen LogP contribution in [0.2, 0.25) is 0 Å². The van der Waals surface area contributed by atoms with Crippen LogP contribution in [0.15, 0.2) is 53.5 Å². The van der Waals surface area contributed by atoms with Crippen LogP contribution in [-0.4, -0.2) is 61.0 Å². The molecule has 27 heavy (non-hydrogen) atoms. The van der Waals surface area contributed by atoms with E-state index in [2.05, 4.69) is 20.4 Å². The van der Waals surface area contributed by atoms with E-state index in [1.54, 1.807) is 0 Å². The fraction of sp³-hybridized carbons (Fsp3) is 0.250. The predicted molar refractivity (Wildman–Crippen MR) is 124 cm³/mol. The smallest absolute Gasteiger partial charge is 0.752 e. The number of hydrogen-bond acceptors (Lipinski definition) is 10. The van der Waals surface area contributed by atoms with Crippen molar-refractivity contribution in [3.05, 3.63) is 47.3 Å². The molecule has 2 rings (SSSR count). The van der Waals surface area contributed by atoms with Gasteiger partial charge in [-0.3, -0.25) is 0 Å². The van der Waals surface area contributed by atoms with Crippen molar-refractivity contribution in [2.75, 3.05) is 12.5 Å². The Morgan fingerprint density at radius 1 is 0.815 bits per heavy atom. The van der Waals surface area contributed by atoms with Crippen LogP contribution in [0.4, 0.5) is 0 Å². The van der Waals surface area contributed by atoms with Crippen LogP contribution in [-0.2, 0) is 25.3 Å². The summed E-state index contributed by atoms with van der Waals surface area (Å²) in [7, 11) is 0. The van der Waals surface area contributed by atoms with Gasteiger partial charge in [0.2, 0.25) is 0 Å². The largest absolute Gasteiger partial charge is 2.00 e. The summed E-state index contributed by atoms with van der Waals surface area (Å²) in [6, 6.07) is 7.40. The van der Waals surface area contributed by atoms with Crippen LogP contribution >= 0.6 is 23.5 Å². The molecule has 0 bridgehead atoms. The minimum absolute atomic E-state index is 0. The average molecular weight is 634 g/mol. The Morgan fingerprint density at radius 2 is 1.19 bits per heavy atom. The van der Waals surface area contributed by atoms with Gasteiger partial charge < -0.3 is 34.1 Å². The molecule has 0 aliphatic carbocycles. The molecule has 0 atom stereocenters. The maximum absolute atomic E-state index is 5.24. The van der Waals surface area contributed by atoms with E-state index < -0.39 is 0 Å². The molecule has 2 heterocycles. The molecule has 0 N–H and O–H groups in total. The Morgan fingerprint density at radius 3 is 1.44 bits per heavy atom. The molecule has 0 aliphatic rings. The summed E-state index contributed by atoms with van der Waals surface area (Å²) in [5.41, 5.74) is 0. The van der Waals surface area contributed by atoms with Crippen LogP contribution in [0.25, 0.3) is 0 Å². The molecule has 6 nitrogen and oxygen atoms in total. The number of furan rings is 2. The van der Waals surface area contributed by atoms with E-state index in [9.17, 15) is 0 Å². The predicted octanol–water partition coefficient (Wildman–Crippen LogP) is 3.99. The third-order valence-electron chi connectivity index (χ3n) is 2.52. The van der Waals surface area contributed by atoms with E-state index in [0.29, 0.717) is 20.3 Å². The molecule has 0 aliphatic heterocycles. The first-order chi connectivity index (χ1) is 12.4. The summed E-state index contributed by atoms with van der Waals surface area (Å²) in [4.78, 5) is 0. The summed E-state index contributed by atoms with van der Waals surface area (Å²) in [6.45, 7) is 3.75. The Labute approximate surface area is 198 Å². The van der Waals surface area contributed by atoms with Crippen molar-refractivity contribution in [1.29, 1.82) is 0 Å². The molecule has 0 aromatic carbocycles. The van der Waals surface area contributed by atoms with E-state index in [0.717, 1.165) is 11.5 Å². The van der Waals surface area contributed by atoms with Gasteiger partial charge in [0, 0.05) is 0 Å². The van der Waals surface area contributed by atoms with Crippen LogP contribution < -0.4 is 0 Å². The van der Waals surface area contributed by atoms with Crippen molar-refractivity contribution < 1.29 is 8.83 Å². The molecule has 2 radical (unpaired) electrons. The SMILES string of the molecule is CS/C([S-])=N/N=C/c1ccc(C)o1.CS/C([S-])=N/N=C/c1ccc(C)o1.[Pb+2]. The van der Waals surface area contributed by atoms with E-state index >= 15 is 0 Å². The number of nitrogens with zero attached hydrogens (tertiary/aromatic N) is 4. The third kappa shape index (κ3) is 12.4. The van der Waals surface area contributed by atoms with E-state index in [1.807, 2.05) is 50.6 Å². The second-order valence-corrected chi connectivity index (χ2v) is 7.41. The molecule has 0 spiro atoms. The summed E-state index contributed by atoms with van der Waals surface area (Å²) < 4.78 is 11.5. The van der Waals surface area contributed by atoms with Crippen molar-refractivity contribution in [1.82, 2.24) is 0 Å². The zero-order valence-corrected chi connectivity index (χ0v) is 22.4. The Hall–Kier alpha value is -0.698. The number of hydrogen-bond donors (Lipinski definition) is 0. The molecule has 0 amide bonds. The summed E-state index contributed by atoms with van der Waals surface area (Å²) in [5, 5.41) is 15.0. The average Bonchev–Trinajstić information content (AvgIpc) is 3.23. The van der Waals surface area contributed by atoms with Crippen molar-refractivity contribution >= 4 is 97.3 Å². The fourth-order valence-electron chi connectivity index (χ4n) is 1.39. The van der Waals surface area contributed by atoms with Gasteiger partial charge in [0.15, 0.2) is 0 Å². The van der Waals surface area contributed by atoms with Crippen LogP contribution in [0.3, 0.4) is 0 Å². The van der Waals surface area contributed by atoms with Crippen LogP contribution in [0.1, 0.15) is 23.0 Å². The second-order valence-electron chi connectivity index (χ2n) is 4.53. The van der Waals surface area contributed by atoms with E-state index in [1.165, 1.54) is 36.0 Å². The van der Waals surface area contributed by atoms with Gasteiger partial charge in [-0.05, 0) is 59.4 Å². The van der Waals surface area contributed by atoms with Crippen LogP contribution in [0, 0.1) is 13.8 Å². The first-order valence-electron chi connectivity index (χ1n) is 7.21. The van der Waals surface area contributed by atoms with E-state index in [4.69, 9.17) is 34.1 Å². The van der Waals surface area contributed by atoms with Gasteiger partial charge in [-0.25, -0.2) is 0 Å². The molecule has 0 fully saturated rings. The standard InChI is InChI=1S/2C8H10N2OS2.Pb/c2*1-6-3-4-7(11-6)5-9-10-8(12)13-2;/h2*3-5H,1-2H3,(H,10,12);/q;;+2/p-2/b2*9-5+;. The Balaban J connectivity index is 0.000000483. The van der Waals surface area contributed by atoms with Gasteiger partial charge in [-0.15, -0.1) is 23.5 Å². The molecule has 2 aromatic rings. The first kappa shape index (κ1) is 26.3. The van der Waals surface area contributed by atoms with Crippen molar-refractivity contribution in [2.45, 2.75) is 13.8 Å². The Bertz CT molecular complexity index is 734. The first-order valence-corrected chi connectivity index (χ1v) is 10.5. The van der Waals surface area contributed by atoms with Gasteiger partial charge in [-0.1, -0.05) is 0 Å². The van der Waals surface area contributed by atoms with Crippen molar-refractivity contribution in [3.8, 4) is 0 Å². The molecular formula is C16H18N4O2PbS4. The molecule has 11 heteroatoms. The van der Waals surface area contributed by atoms with E-state index in [-0.39, 0.29) is 27.3 Å². The molecule has 2 aromatic heterocycles. The van der Waals surface area contributed by atoms with Gasteiger partial charge in [-0.2, -0.15) is 20.4 Å². The molecule has 142 valence electrons. The number of aryl methyl sites for hydroxylation is 2. The normalized spacial score (nSPS) is 12.1. The van der Waals surface area contributed by atoms with Gasteiger partial charge in [0.25, 0.3) is 0 Å². The zero-order chi connectivity index (χ0) is 19.4. The second kappa shape index (κ2) is 15.3. The maximum Gasteiger partial charge on any atom is 2.00 e. The summed E-state index contributed by atoms with van der Waals surface area (Å²) in [5.74, 6) is 3.08. The minimum Gasteiger partial charge on any atom is -0.752 e. The fourth-order valence-corrected chi connectivity index (χ4v) is 1.74. The zero-order valence-electron chi connectivity index (χ0n) is 15.2. The molecule has 0 saturated heterocycles. The monoisotopic (exact) mass is 634 g/mol. The molecule has 0 unspecified atom stereocenters. The van der Waals surface area contributed by atoms with Crippen LogP contribution in [0.5, 0.6) is 0 Å². The van der Waals surface area contributed by atoms with Crippen molar-refractivity contribution in [2.24, 2.45) is 20.4 Å². The van der Waals surface area contributed by atoms with Gasteiger partial charge in [0.05, 0.1) is 12.4 Å². The number of thioether (sulfide) groups is 2. The maximum atomic E-state index is 5.24. The van der Waals surface area contributed by atoms with Crippen molar-refractivity contribution in [3.63, 3.8) is 0 Å². The molecule has 0 saturated carbocycles. The Kier molecular flexibility index (Phi) is 14.9. The van der Waals surface area contributed by atoms with Gasteiger partial charge >= 0.3 is 27.3 Å². The third-order valence-corrected chi connectivity index (χ3v) is 4.55. The quantitative estimate of drug-likeness (QED) is 0.167. The number of rotatable bonds is 4. The summed E-state index contributed by atoms with van der Waals surface area (Å²) >= 11 is 12.4. The topological polar surface area (TPSA) is 75.7 Å². The van der Waals surface area contributed by atoms with Gasteiger partial charge in [0.1, 0.15) is 23.0 Å². The summed E-state index contributed by atoms with van der Waals surface area (Å²) in [6.07, 6.45) is 6.79.